The van der Waals surface area contributed by atoms with Gasteiger partial charge in [-0.2, -0.15) is 0 Å². The van der Waals surface area contributed by atoms with Crippen LogP contribution in [0.2, 0.25) is 0 Å². The molecule has 0 aliphatic carbocycles. The molecule has 1 aromatic carbocycles. The van der Waals surface area contributed by atoms with Crippen molar-refractivity contribution in [2.24, 2.45) is 0 Å². The summed E-state index contributed by atoms with van der Waals surface area (Å²) >= 11 is 1.55. The maximum absolute atomic E-state index is 12.7. The van der Waals surface area contributed by atoms with Gasteiger partial charge in [-0.1, -0.05) is 24.3 Å². The molecule has 116 valence electrons. The first-order chi connectivity index (χ1) is 11.3. The van der Waals surface area contributed by atoms with Crippen LogP contribution >= 0.6 is 11.3 Å². The maximum atomic E-state index is 12.7. The molecule has 5 heteroatoms. The fourth-order valence-corrected chi connectivity index (χ4v) is 3.87. The van der Waals surface area contributed by atoms with Gasteiger partial charge in [-0.05, 0) is 23.6 Å². The number of benzene rings is 1. The Hall–Kier alpha value is -2.40. The number of fused-ring (bicyclic) bond motifs is 1. The fourth-order valence-electron chi connectivity index (χ4n) is 2.84. The molecule has 1 unspecified atom stereocenters. The van der Waals surface area contributed by atoms with E-state index in [0.717, 1.165) is 27.9 Å². The zero-order valence-corrected chi connectivity index (χ0v) is 13.3. The molecule has 3 aromatic rings. The van der Waals surface area contributed by atoms with Gasteiger partial charge in [0.15, 0.2) is 0 Å². The number of carbonyl (C=O) groups is 1. The highest BCUT2D eigenvalue weighted by Crippen LogP contribution is 2.27. The Morgan fingerprint density at radius 3 is 2.91 bits per heavy atom. The Morgan fingerprint density at radius 2 is 2.09 bits per heavy atom. The van der Waals surface area contributed by atoms with Crippen LogP contribution < -0.4 is 4.74 Å². The highest BCUT2D eigenvalue weighted by Gasteiger charge is 2.29. The summed E-state index contributed by atoms with van der Waals surface area (Å²) in [7, 11) is 0. The number of pyridine rings is 1. The van der Waals surface area contributed by atoms with E-state index >= 15 is 0 Å². The van der Waals surface area contributed by atoms with Gasteiger partial charge in [-0.3, -0.25) is 4.79 Å². The average Bonchev–Trinajstić information content (AvgIpc) is 3.21. The van der Waals surface area contributed by atoms with E-state index in [2.05, 4.69) is 4.98 Å². The lowest BCUT2D eigenvalue weighted by Crippen LogP contribution is -2.30. The smallest absolute Gasteiger partial charge is 0.264 e. The first-order valence-electron chi connectivity index (χ1n) is 7.65. The molecular weight excluding hydrogens is 308 g/mol. The molecule has 1 atom stereocenters. The zero-order valence-electron chi connectivity index (χ0n) is 12.5. The van der Waals surface area contributed by atoms with E-state index in [4.69, 9.17) is 4.74 Å². The van der Waals surface area contributed by atoms with Crippen molar-refractivity contribution >= 4 is 27.3 Å². The Kier molecular flexibility index (Phi) is 3.71. The molecule has 3 heterocycles. The van der Waals surface area contributed by atoms with Crippen LogP contribution in [0.15, 0.2) is 54.7 Å². The normalized spacial score (nSPS) is 17.6. The largest absolute Gasteiger partial charge is 0.472 e. The third-order valence-corrected chi connectivity index (χ3v) is 5.10. The second-order valence-electron chi connectivity index (χ2n) is 5.60. The molecular formula is C18H16N2O2S. The summed E-state index contributed by atoms with van der Waals surface area (Å²) in [6, 6.07) is 15.7. The monoisotopic (exact) mass is 324 g/mol. The topological polar surface area (TPSA) is 42.4 Å². The summed E-state index contributed by atoms with van der Waals surface area (Å²) in [4.78, 5) is 19.5. The van der Waals surface area contributed by atoms with E-state index in [0.29, 0.717) is 12.4 Å². The number of thiophene rings is 1. The van der Waals surface area contributed by atoms with Crippen LogP contribution in [0.3, 0.4) is 0 Å². The highest BCUT2D eigenvalue weighted by atomic mass is 32.1. The van der Waals surface area contributed by atoms with Crippen molar-refractivity contribution in [3.05, 3.63) is 59.6 Å². The summed E-state index contributed by atoms with van der Waals surface area (Å²) in [5, 5.41) is 1.13. The number of hydrogen-bond donors (Lipinski definition) is 0. The molecule has 1 aliphatic heterocycles. The summed E-state index contributed by atoms with van der Waals surface area (Å²) in [5.74, 6) is 0.715. The third kappa shape index (κ3) is 2.92. The maximum Gasteiger partial charge on any atom is 0.264 e. The van der Waals surface area contributed by atoms with E-state index in [-0.39, 0.29) is 12.0 Å². The van der Waals surface area contributed by atoms with Crippen molar-refractivity contribution in [3.8, 4) is 5.88 Å². The minimum Gasteiger partial charge on any atom is -0.472 e. The summed E-state index contributed by atoms with van der Waals surface area (Å²) in [6.45, 7) is 1.34. The third-order valence-electron chi connectivity index (χ3n) is 3.99. The van der Waals surface area contributed by atoms with Gasteiger partial charge in [0.1, 0.15) is 6.10 Å². The van der Waals surface area contributed by atoms with Crippen LogP contribution in [-0.4, -0.2) is 35.0 Å². The quantitative estimate of drug-likeness (QED) is 0.739. The van der Waals surface area contributed by atoms with Crippen LogP contribution in [0.5, 0.6) is 5.88 Å². The summed E-state index contributed by atoms with van der Waals surface area (Å²) in [6.07, 6.45) is 2.57. The van der Waals surface area contributed by atoms with Crippen molar-refractivity contribution in [2.45, 2.75) is 12.5 Å². The first-order valence-corrected chi connectivity index (χ1v) is 8.47. The molecule has 1 fully saturated rings. The molecule has 23 heavy (non-hydrogen) atoms. The minimum atomic E-state index is 0.0169. The van der Waals surface area contributed by atoms with Gasteiger partial charge in [-0.15, -0.1) is 11.3 Å². The first kappa shape index (κ1) is 14.2. The highest BCUT2D eigenvalue weighted by molar-refractivity contribution is 7.20. The van der Waals surface area contributed by atoms with Gasteiger partial charge in [0.05, 0.1) is 11.4 Å². The Bertz CT molecular complexity index is 798. The Labute approximate surface area is 138 Å². The minimum absolute atomic E-state index is 0.0169. The lowest BCUT2D eigenvalue weighted by atomic mass is 10.2. The molecule has 0 bridgehead atoms. The lowest BCUT2D eigenvalue weighted by molar-refractivity contribution is 0.0776. The molecule has 4 rings (SSSR count). The molecule has 0 N–H and O–H groups in total. The van der Waals surface area contributed by atoms with Crippen LogP contribution in [0.4, 0.5) is 0 Å². The molecule has 4 nitrogen and oxygen atoms in total. The van der Waals surface area contributed by atoms with Crippen LogP contribution in [0.1, 0.15) is 16.1 Å². The molecule has 1 saturated heterocycles. The van der Waals surface area contributed by atoms with Gasteiger partial charge >= 0.3 is 0 Å². The van der Waals surface area contributed by atoms with E-state index < -0.39 is 0 Å². The molecule has 1 aliphatic rings. The van der Waals surface area contributed by atoms with Crippen molar-refractivity contribution < 1.29 is 9.53 Å². The molecule has 0 radical (unpaired) electrons. The van der Waals surface area contributed by atoms with Crippen molar-refractivity contribution in [1.29, 1.82) is 0 Å². The summed E-state index contributed by atoms with van der Waals surface area (Å²) in [5.41, 5.74) is 0. The van der Waals surface area contributed by atoms with E-state index in [9.17, 15) is 4.79 Å². The predicted octanol–water partition coefficient (Wildman–Crippen LogP) is 3.59. The van der Waals surface area contributed by atoms with Gasteiger partial charge in [0.2, 0.25) is 5.88 Å². The second kappa shape index (κ2) is 6.01. The van der Waals surface area contributed by atoms with Gasteiger partial charge < -0.3 is 9.64 Å². The second-order valence-corrected chi connectivity index (χ2v) is 6.68. The van der Waals surface area contributed by atoms with E-state index in [1.807, 2.05) is 53.4 Å². The van der Waals surface area contributed by atoms with Gasteiger partial charge in [0, 0.05) is 29.9 Å². The molecule has 2 aromatic heterocycles. The molecule has 0 saturated carbocycles. The van der Waals surface area contributed by atoms with Crippen molar-refractivity contribution in [3.63, 3.8) is 0 Å². The summed E-state index contributed by atoms with van der Waals surface area (Å²) < 4.78 is 7.00. The van der Waals surface area contributed by atoms with E-state index in [1.165, 1.54) is 0 Å². The number of rotatable bonds is 3. The Morgan fingerprint density at radius 1 is 1.22 bits per heavy atom. The predicted molar refractivity (Wildman–Crippen MR) is 91.0 cm³/mol. The standard InChI is InChI=1S/C18H16N2O2S/c21-18(16-11-13-5-1-2-6-15(13)23-16)20-10-8-14(12-20)22-17-7-3-4-9-19-17/h1-7,9,11,14H,8,10,12H2. The SMILES string of the molecule is O=C(c1cc2ccccc2s1)N1CCC(Oc2ccccn2)C1. The van der Waals surface area contributed by atoms with E-state index in [1.54, 1.807) is 17.5 Å². The number of hydrogen-bond acceptors (Lipinski definition) is 4. The van der Waals surface area contributed by atoms with Crippen LogP contribution in [0.25, 0.3) is 10.1 Å². The van der Waals surface area contributed by atoms with Crippen molar-refractivity contribution in [1.82, 2.24) is 9.88 Å². The van der Waals surface area contributed by atoms with Crippen molar-refractivity contribution in [2.75, 3.05) is 13.1 Å². The zero-order chi connectivity index (χ0) is 15.6. The lowest BCUT2D eigenvalue weighted by Gasteiger charge is -2.16. The average molecular weight is 324 g/mol. The number of amides is 1. The van der Waals surface area contributed by atoms with Gasteiger partial charge in [0.25, 0.3) is 5.91 Å². The number of ether oxygens (including phenoxy) is 1. The van der Waals surface area contributed by atoms with Gasteiger partial charge in [-0.25, -0.2) is 4.98 Å². The molecule has 0 spiro atoms. The van der Waals surface area contributed by atoms with Crippen LogP contribution in [-0.2, 0) is 0 Å². The number of carbonyl (C=O) groups excluding carboxylic acids is 1. The Balaban J connectivity index is 1.45. The fraction of sp³-hybridized carbons (Fsp3) is 0.222. The number of nitrogens with zero attached hydrogens (tertiary/aromatic N) is 2. The number of aromatic nitrogens is 1. The van der Waals surface area contributed by atoms with Crippen LogP contribution in [0, 0.1) is 0 Å². The molecule has 1 amide bonds. The number of likely N-dealkylation sites (tertiary alicyclic amines) is 1.